The highest BCUT2D eigenvalue weighted by Gasteiger charge is 2.43. The van der Waals surface area contributed by atoms with Crippen LogP contribution in [0.3, 0.4) is 0 Å². The van der Waals surface area contributed by atoms with Crippen molar-refractivity contribution in [3.05, 3.63) is 29.8 Å². The van der Waals surface area contributed by atoms with Gasteiger partial charge in [-0.1, -0.05) is 18.2 Å². The van der Waals surface area contributed by atoms with Crippen molar-refractivity contribution in [3.63, 3.8) is 0 Å². The summed E-state index contributed by atoms with van der Waals surface area (Å²) in [5.74, 6) is 0.902. The Labute approximate surface area is 144 Å². The molecule has 1 aromatic carbocycles. The number of hydrogen-bond donors (Lipinski definition) is 1. The average Bonchev–Trinajstić information content (AvgIpc) is 2.88. The molecular weight excluding hydrogens is 328 g/mol. The summed E-state index contributed by atoms with van der Waals surface area (Å²) in [6.45, 7) is 3.20. The van der Waals surface area contributed by atoms with E-state index >= 15 is 0 Å². The van der Waals surface area contributed by atoms with Crippen LogP contribution in [0.5, 0.6) is 5.75 Å². The maximum atomic E-state index is 11.5. The van der Waals surface area contributed by atoms with Gasteiger partial charge in [0, 0.05) is 37.8 Å². The van der Waals surface area contributed by atoms with Crippen LogP contribution in [0.15, 0.2) is 24.3 Å². The van der Waals surface area contributed by atoms with E-state index in [4.69, 9.17) is 9.47 Å². The summed E-state index contributed by atoms with van der Waals surface area (Å²) >= 11 is 0. The van der Waals surface area contributed by atoms with Crippen molar-refractivity contribution in [3.8, 4) is 5.75 Å². The fourth-order valence-electron chi connectivity index (χ4n) is 3.85. The molecule has 2 heterocycles. The fraction of sp³-hybridized carbons (Fsp3) is 0.647. The topological polar surface area (TPSA) is 67.9 Å². The minimum Gasteiger partial charge on any atom is -0.496 e. The molecule has 0 aliphatic carbocycles. The highest BCUT2D eigenvalue weighted by atomic mass is 32.2. The van der Waals surface area contributed by atoms with Gasteiger partial charge >= 0.3 is 0 Å². The molecule has 24 heavy (non-hydrogen) atoms. The number of sulfonamides is 1. The summed E-state index contributed by atoms with van der Waals surface area (Å²) in [6.07, 6.45) is 3.63. The van der Waals surface area contributed by atoms with E-state index in [0.717, 1.165) is 44.6 Å². The minimum atomic E-state index is -3.18. The first-order valence-electron chi connectivity index (χ1n) is 8.35. The number of methoxy groups -OCH3 is 1. The lowest BCUT2D eigenvalue weighted by atomic mass is 9.90. The minimum absolute atomic E-state index is 0.0278. The smallest absolute Gasteiger partial charge is 0.208 e. The van der Waals surface area contributed by atoms with Gasteiger partial charge in [-0.25, -0.2) is 13.1 Å². The normalized spacial score (nSPS) is 28.3. The first-order valence-corrected chi connectivity index (χ1v) is 10.2. The zero-order valence-electron chi connectivity index (χ0n) is 14.3. The molecule has 2 aliphatic rings. The highest BCUT2D eigenvalue weighted by Crippen LogP contribution is 2.35. The molecular formula is C17H26N2O4S. The molecule has 0 radical (unpaired) electrons. The number of benzene rings is 1. The summed E-state index contributed by atoms with van der Waals surface area (Å²) in [5.41, 5.74) is 0.932. The molecule has 1 N–H and O–H groups in total. The van der Waals surface area contributed by atoms with Crippen LogP contribution in [0.2, 0.25) is 0 Å². The Bertz CT molecular complexity index is 679. The van der Waals surface area contributed by atoms with E-state index in [1.54, 1.807) is 7.11 Å². The molecule has 2 saturated heterocycles. The average molecular weight is 354 g/mol. The summed E-state index contributed by atoms with van der Waals surface area (Å²) in [7, 11) is -1.49. The van der Waals surface area contributed by atoms with Gasteiger partial charge in [0.05, 0.1) is 19.0 Å². The molecule has 3 rings (SSSR count). The van der Waals surface area contributed by atoms with Crippen LogP contribution in [-0.4, -0.2) is 58.0 Å². The summed E-state index contributed by atoms with van der Waals surface area (Å²) < 4.78 is 37.3. The number of nitrogens with zero attached hydrogens (tertiary/aromatic N) is 1. The van der Waals surface area contributed by atoms with Crippen LogP contribution in [0.25, 0.3) is 0 Å². The lowest BCUT2D eigenvalue weighted by molar-refractivity contribution is -0.0779. The molecule has 134 valence electrons. The first-order chi connectivity index (χ1) is 11.4. The van der Waals surface area contributed by atoms with E-state index in [1.165, 1.54) is 11.8 Å². The van der Waals surface area contributed by atoms with Gasteiger partial charge in [0.15, 0.2) is 0 Å². The summed E-state index contributed by atoms with van der Waals surface area (Å²) in [4.78, 5) is 2.36. The quantitative estimate of drug-likeness (QED) is 0.865. The van der Waals surface area contributed by atoms with Crippen molar-refractivity contribution < 1.29 is 17.9 Å². The van der Waals surface area contributed by atoms with Crippen LogP contribution in [-0.2, 0) is 21.3 Å². The molecule has 0 bridgehead atoms. The molecule has 1 aromatic rings. The number of ether oxygens (including phenoxy) is 2. The Morgan fingerprint density at radius 1 is 1.42 bits per heavy atom. The molecule has 7 heteroatoms. The molecule has 0 amide bonds. The van der Waals surface area contributed by atoms with Gasteiger partial charge < -0.3 is 9.47 Å². The van der Waals surface area contributed by atoms with Crippen molar-refractivity contribution in [1.82, 2.24) is 9.62 Å². The maximum Gasteiger partial charge on any atom is 0.208 e. The lowest BCUT2D eigenvalue weighted by Gasteiger charge is -2.38. The van der Waals surface area contributed by atoms with E-state index in [-0.39, 0.29) is 11.6 Å². The van der Waals surface area contributed by atoms with Crippen LogP contribution >= 0.6 is 0 Å². The van der Waals surface area contributed by atoms with Gasteiger partial charge in [-0.05, 0) is 25.3 Å². The zero-order chi connectivity index (χ0) is 17.2. The van der Waals surface area contributed by atoms with Crippen LogP contribution in [0.4, 0.5) is 0 Å². The molecule has 2 aliphatic heterocycles. The molecule has 0 aromatic heterocycles. The Hall–Kier alpha value is -1.15. The lowest BCUT2D eigenvalue weighted by Crippen LogP contribution is -2.49. The molecule has 2 fully saturated rings. The van der Waals surface area contributed by atoms with Crippen molar-refractivity contribution in [2.45, 2.75) is 37.5 Å². The molecule has 0 saturated carbocycles. The van der Waals surface area contributed by atoms with Gasteiger partial charge in [-0.15, -0.1) is 0 Å². The molecule has 6 nitrogen and oxygen atoms in total. The van der Waals surface area contributed by atoms with Crippen molar-refractivity contribution in [2.75, 3.05) is 33.1 Å². The molecule has 2 atom stereocenters. The van der Waals surface area contributed by atoms with Crippen LogP contribution in [0.1, 0.15) is 24.8 Å². The Balaban J connectivity index is 1.63. The number of nitrogens with one attached hydrogen (secondary N) is 1. The van der Waals surface area contributed by atoms with Crippen molar-refractivity contribution in [2.24, 2.45) is 0 Å². The molecule has 1 spiro atoms. The third-order valence-electron chi connectivity index (χ3n) is 4.86. The number of rotatable bonds is 5. The third-order valence-corrected chi connectivity index (χ3v) is 5.62. The SMILES string of the molecule is COc1ccccc1CN1CC[C@@]2(C[C@@H](NS(C)(=O)=O)CCO2)C1. The van der Waals surface area contributed by atoms with Gasteiger partial charge in [0.1, 0.15) is 5.75 Å². The van der Waals surface area contributed by atoms with E-state index < -0.39 is 10.0 Å². The van der Waals surface area contributed by atoms with Gasteiger partial charge in [-0.2, -0.15) is 0 Å². The van der Waals surface area contributed by atoms with E-state index in [2.05, 4.69) is 15.7 Å². The second kappa shape index (κ2) is 7.00. The second-order valence-electron chi connectivity index (χ2n) is 6.88. The van der Waals surface area contributed by atoms with Crippen LogP contribution in [0, 0.1) is 0 Å². The number of hydrogen-bond acceptors (Lipinski definition) is 5. The first kappa shape index (κ1) is 17.7. The fourth-order valence-corrected chi connectivity index (χ4v) is 4.66. The second-order valence-corrected chi connectivity index (χ2v) is 8.66. The Kier molecular flexibility index (Phi) is 5.15. The van der Waals surface area contributed by atoms with Gasteiger partial charge in [0.25, 0.3) is 0 Å². The molecule has 0 unspecified atom stereocenters. The summed E-state index contributed by atoms with van der Waals surface area (Å²) in [5, 5.41) is 0. The van der Waals surface area contributed by atoms with Crippen LogP contribution < -0.4 is 9.46 Å². The standard InChI is InChI=1S/C17H26N2O4S/c1-22-16-6-4-3-5-14(16)12-19-9-8-17(13-19)11-15(7-10-23-17)18-24(2,20)21/h3-6,15,18H,7-13H2,1-2H3/t15-,17+/m0/s1. The van der Waals surface area contributed by atoms with E-state index in [0.29, 0.717) is 6.61 Å². The van der Waals surface area contributed by atoms with E-state index in [1.807, 2.05) is 18.2 Å². The van der Waals surface area contributed by atoms with E-state index in [9.17, 15) is 8.42 Å². The predicted octanol–water partition coefficient (Wildman–Crippen LogP) is 1.37. The monoisotopic (exact) mass is 354 g/mol. The highest BCUT2D eigenvalue weighted by molar-refractivity contribution is 7.88. The summed E-state index contributed by atoms with van der Waals surface area (Å²) in [6, 6.07) is 8.02. The Morgan fingerprint density at radius 3 is 2.96 bits per heavy atom. The number of para-hydroxylation sites is 1. The van der Waals surface area contributed by atoms with Crippen molar-refractivity contribution in [1.29, 1.82) is 0 Å². The number of likely N-dealkylation sites (tertiary alicyclic amines) is 1. The zero-order valence-corrected chi connectivity index (χ0v) is 15.1. The van der Waals surface area contributed by atoms with Gasteiger partial charge in [0.2, 0.25) is 10.0 Å². The van der Waals surface area contributed by atoms with Crippen molar-refractivity contribution >= 4 is 10.0 Å². The largest absolute Gasteiger partial charge is 0.496 e. The Morgan fingerprint density at radius 2 is 2.21 bits per heavy atom. The van der Waals surface area contributed by atoms with Gasteiger partial charge in [-0.3, -0.25) is 4.90 Å². The predicted molar refractivity (Wildman–Crippen MR) is 92.6 cm³/mol. The maximum absolute atomic E-state index is 11.5. The third kappa shape index (κ3) is 4.27.